The summed E-state index contributed by atoms with van der Waals surface area (Å²) in [5.74, 6) is 0.565. The van der Waals surface area contributed by atoms with E-state index in [0.29, 0.717) is 22.9 Å². The number of nitrogens with one attached hydrogen (secondary N) is 1. The molecule has 38 heavy (non-hydrogen) atoms. The normalized spacial score (nSPS) is 11.0. The van der Waals surface area contributed by atoms with E-state index in [9.17, 15) is 4.79 Å². The largest absolute Gasteiger partial charge is 0.489 e. The first-order chi connectivity index (χ1) is 18.3. The quantitative estimate of drug-likeness (QED) is 0.216. The van der Waals surface area contributed by atoms with Crippen molar-refractivity contribution in [1.82, 2.24) is 4.98 Å². The van der Waals surface area contributed by atoms with Gasteiger partial charge in [-0.2, -0.15) is 0 Å². The Morgan fingerprint density at radius 3 is 2.39 bits per heavy atom. The predicted octanol–water partition coefficient (Wildman–Crippen LogP) is 9.07. The lowest BCUT2D eigenvalue weighted by molar-refractivity contribution is 0.102. The predicted molar refractivity (Wildman–Crippen MR) is 159 cm³/mol. The minimum atomic E-state index is -0.206. The fourth-order valence-electron chi connectivity index (χ4n) is 4.61. The molecule has 6 heteroatoms. The molecule has 0 aliphatic carbocycles. The van der Waals surface area contributed by atoms with Crippen molar-refractivity contribution < 1.29 is 9.53 Å². The van der Waals surface area contributed by atoms with Gasteiger partial charge < -0.3 is 10.1 Å². The number of halogens is 2. The van der Waals surface area contributed by atoms with Crippen LogP contribution in [0.5, 0.6) is 5.75 Å². The number of anilines is 1. The number of pyridine rings is 1. The maximum atomic E-state index is 13.7. The second-order valence-electron chi connectivity index (χ2n) is 9.32. The molecule has 0 atom stereocenters. The number of carbonyl (C=O) groups is 1. The van der Waals surface area contributed by atoms with Crippen LogP contribution in [0.25, 0.3) is 22.2 Å². The Morgan fingerprint density at radius 1 is 0.947 bits per heavy atom. The van der Waals surface area contributed by atoms with Gasteiger partial charge in [0.25, 0.3) is 5.91 Å². The van der Waals surface area contributed by atoms with E-state index in [0.717, 1.165) is 54.6 Å². The Morgan fingerprint density at radius 2 is 1.68 bits per heavy atom. The molecule has 4 nitrogen and oxygen atoms in total. The Kier molecular flexibility index (Phi) is 7.50. The molecule has 0 spiro atoms. The van der Waals surface area contributed by atoms with Gasteiger partial charge in [-0.1, -0.05) is 53.6 Å². The molecular weight excluding hydrogens is 560 g/mol. The maximum absolute atomic E-state index is 13.7. The first kappa shape index (κ1) is 26.0. The molecule has 0 saturated carbocycles. The van der Waals surface area contributed by atoms with E-state index >= 15 is 0 Å². The van der Waals surface area contributed by atoms with Crippen LogP contribution in [-0.2, 0) is 6.61 Å². The third-order valence-corrected chi connectivity index (χ3v) is 7.68. The highest BCUT2D eigenvalue weighted by Gasteiger charge is 2.21. The van der Waals surface area contributed by atoms with E-state index in [2.05, 4.69) is 27.3 Å². The van der Waals surface area contributed by atoms with E-state index in [1.807, 2.05) is 93.6 Å². The van der Waals surface area contributed by atoms with Gasteiger partial charge in [0.15, 0.2) is 0 Å². The molecule has 4 aromatic carbocycles. The van der Waals surface area contributed by atoms with E-state index < -0.39 is 0 Å². The summed E-state index contributed by atoms with van der Waals surface area (Å²) < 4.78 is 6.73. The fraction of sp³-hybridized carbons (Fsp3) is 0.125. The minimum Gasteiger partial charge on any atom is -0.489 e. The van der Waals surface area contributed by atoms with Crippen molar-refractivity contribution in [3.05, 3.63) is 122 Å². The summed E-state index contributed by atoms with van der Waals surface area (Å²) in [6.07, 6.45) is 0. The molecule has 0 aliphatic rings. The topological polar surface area (TPSA) is 51.2 Å². The molecule has 5 rings (SSSR count). The first-order valence-electron chi connectivity index (χ1n) is 12.3. The van der Waals surface area contributed by atoms with Crippen molar-refractivity contribution in [1.29, 1.82) is 0 Å². The third-order valence-electron chi connectivity index (χ3n) is 6.45. The third kappa shape index (κ3) is 5.45. The molecule has 1 amide bonds. The van der Waals surface area contributed by atoms with Crippen LogP contribution < -0.4 is 10.1 Å². The molecule has 0 unspecified atom stereocenters. The Hall–Kier alpha value is -3.67. The molecule has 0 aliphatic heterocycles. The zero-order chi connectivity index (χ0) is 26.8. The number of aryl methyl sites for hydroxylation is 2. The summed E-state index contributed by atoms with van der Waals surface area (Å²) in [4.78, 5) is 18.7. The van der Waals surface area contributed by atoms with Crippen LogP contribution in [0.2, 0.25) is 5.02 Å². The van der Waals surface area contributed by atoms with Crippen LogP contribution in [0.1, 0.15) is 32.6 Å². The lowest BCUT2D eigenvalue weighted by atomic mass is 9.94. The molecule has 0 radical (unpaired) electrons. The van der Waals surface area contributed by atoms with E-state index in [4.69, 9.17) is 21.3 Å². The number of ether oxygens (including phenoxy) is 1. The Bertz CT molecular complexity index is 1650. The van der Waals surface area contributed by atoms with Crippen LogP contribution in [0.3, 0.4) is 0 Å². The number of aromatic nitrogens is 1. The molecule has 0 fully saturated rings. The highest BCUT2D eigenvalue weighted by atomic mass is 79.9. The number of carbonyl (C=O) groups excluding carboxylic acids is 1. The van der Waals surface area contributed by atoms with E-state index in [-0.39, 0.29) is 5.91 Å². The zero-order valence-corrected chi connectivity index (χ0v) is 23.7. The molecule has 1 heterocycles. The number of hydrogen-bond donors (Lipinski definition) is 1. The van der Waals surface area contributed by atoms with Gasteiger partial charge in [-0.05, 0) is 102 Å². The number of benzene rings is 4. The van der Waals surface area contributed by atoms with Crippen LogP contribution >= 0.6 is 27.5 Å². The van der Waals surface area contributed by atoms with Crippen LogP contribution in [0.15, 0.2) is 89.4 Å². The molecule has 0 bridgehead atoms. The molecule has 1 N–H and O–H groups in total. The molecule has 0 saturated heterocycles. The summed E-state index contributed by atoms with van der Waals surface area (Å²) in [6.45, 7) is 6.50. The smallest absolute Gasteiger partial charge is 0.256 e. The fourth-order valence-corrected chi connectivity index (χ4v) is 5.03. The highest BCUT2D eigenvalue weighted by Crippen LogP contribution is 2.34. The number of nitrogens with zero attached hydrogens (tertiary/aromatic N) is 1. The lowest BCUT2D eigenvalue weighted by Gasteiger charge is -2.17. The van der Waals surface area contributed by atoms with E-state index in [1.54, 1.807) is 6.07 Å². The summed E-state index contributed by atoms with van der Waals surface area (Å²) in [6, 6.07) is 27.4. The monoisotopic (exact) mass is 584 g/mol. The number of rotatable bonds is 6. The van der Waals surface area contributed by atoms with Crippen molar-refractivity contribution in [2.45, 2.75) is 27.4 Å². The molecule has 5 aromatic rings. The van der Waals surface area contributed by atoms with Gasteiger partial charge in [0, 0.05) is 21.1 Å². The van der Waals surface area contributed by atoms with Crippen molar-refractivity contribution in [2.24, 2.45) is 0 Å². The van der Waals surface area contributed by atoms with Gasteiger partial charge >= 0.3 is 0 Å². The zero-order valence-electron chi connectivity index (χ0n) is 21.3. The van der Waals surface area contributed by atoms with Gasteiger partial charge in [-0.15, -0.1) is 0 Å². The number of amides is 1. The summed E-state index contributed by atoms with van der Waals surface area (Å²) in [5, 5.41) is 4.38. The van der Waals surface area contributed by atoms with Gasteiger partial charge in [-0.3, -0.25) is 4.79 Å². The summed E-state index contributed by atoms with van der Waals surface area (Å²) >= 11 is 9.67. The summed E-state index contributed by atoms with van der Waals surface area (Å²) in [5.41, 5.74) is 7.71. The molecular formula is C32H26BrClN2O2. The second kappa shape index (κ2) is 11.0. The maximum Gasteiger partial charge on any atom is 0.256 e. The summed E-state index contributed by atoms with van der Waals surface area (Å²) in [7, 11) is 0. The van der Waals surface area contributed by atoms with Crippen molar-refractivity contribution in [3.8, 4) is 17.0 Å². The van der Waals surface area contributed by atoms with Crippen LogP contribution in [0.4, 0.5) is 5.69 Å². The van der Waals surface area contributed by atoms with Gasteiger partial charge in [0.2, 0.25) is 0 Å². The van der Waals surface area contributed by atoms with Crippen molar-refractivity contribution in [3.63, 3.8) is 0 Å². The van der Waals surface area contributed by atoms with Gasteiger partial charge in [0.1, 0.15) is 12.4 Å². The lowest BCUT2D eigenvalue weighted by Crippen LogP contribution is -2.15. The van der Waals surface area contributed by atoms with Crippen molar-refractivity contribution in [2.75, 3.05) is 5.32 Å². The van der Waals surface area contributed by atoms with Gasteiger partial charge in [0.05, 0.1) is 21.8 Å². The number of fused-ring (bicyclic) bond motifs is 1. The highest BCUT2D eigenvalue weighted by molar-refractivity contribution is 9.10. The first-order valence-corrected chi connectivity index (χ1v) is 13.4. The van der Waals surface area contributed by atoms with Crippen LogP contribution in [0, 0.1) is 20.8 Å². The minimum absolute atomic E-state index is 0.206. The van der Waals surface area contributed by atoms with Crippen LogP contribution in [-0.4, -0.2) is 10.9 Å². The molecule has 190 valence electrons. The Balaban J connectivity index is 1.53. The van der Waals surface area contributed by atoms with Gasteiger partial charge in [-0.25, -0.2) is 4.98 Å². The molecule has 1 aromatic heterocycles. The SMILES string of the molecule is Cc1cc(C)c2nc(-c3ccc(OCc4ccccc4)cc3)c(C)c(C(=O)Nc3ccc(Br)c(Cl)c3)c2c1. The van der Waals surface area contributed by atoms with Crippen molar-refractivity contribution >= 4 is 50.0 Å². The Labute approximate surface area is 235 Å². The number of hydrogen-bond acceptors (Lipinski definition) is 3. The second-order valence-corrected chi connectivity index (χ2v) is 10.6. The average Bonchev–Trinajstić information content (AvgIpc) is 2.90. The average molecular weight is 586 g/mol. The standard InChI is InChI=1S/C32H26BrClN2O2/c1-19-15-20(2)30-26(16-19)29(32(37)35-24-11-14-27(33)28(34)17-24)21(3)31(36-30)23-9-12-25(13-10-23)38-18-22-7-5-4-6-8-22/h4-17H,18H2,1-3H3,(H,35,37). The van der Waals surface area contributed by atoms with E-state index in [1.165, 1.54) is 0 Å².